The highest BCUT2D eigenvalue weighted by atomic mass is 16.2. The van der Waals surface area contributed by atoms with Gasteiger partial charge in [0.25, 0.3) is 0 Å². The van der Waals surface area contributed by atoms with E-state index in [1.165, 1.54) is 0 Å². The first kappa shape index (κ1) is 12.8. The molecule has 0 saturated heterocycles. The molecule has 0 aromatic carbocycles. The van der Waals surface area contributed by atoms with Gasteiger partial charge in [-0.3, -0.25) is 5.41 Å². The fourth-order valence-electron chi connectivity index (χ4n) is 2.14. The second kappa shape index (κ2) is 5.18. The minimum absolute atomic E-state index is 0.0747. The van der Waals surface area contributed by atoms with Crippen LogP contribution in [0.25, 0.3) is 0 Å². The summed E-state index contributed by atoms with van der Waals surface area (Å²) < 4.78 is 0. The van der Waals surface area contributed by atoms with E-state index in [0.717, 1.165) is 25.7 Å². The van der Waals surface area contributed by atoms with Crippen LogP contribution in [0.5, 0.6) is 0 Å². The first-order valence-corrected chi connectivity index (χ1v) is 5.90. The molecule has 16 heavy (non-hydrogen) atoms. The summed E-state index contributed by atoms with van der Waals surface area (Å²) in [6.45, 7) is 4.63. The SMILES string of the molecule is CCNC(=O)NC1(C(=N)N)CCC(C)CC1. The van der Waals surface area contributed by atoms with E-state index in [4.69, 9.17) is 11.1 Å². The Labute approximate surface area is 96.7 Å². The summed E-state index contributed by atoms with van der Waals surface area (Å²) >= 11 is 0. The Morgan fingerprint density at radius 2 is 2.06 bits per heavy atom. The summed E-state index contributed by atoms with van der Waals surface area (Å²) in [6.07, 6.45) is 3.54. The quantitative estimate of drug-likeness (QED) is 0.430. The highest BCUT2D eigenvalue weighted by Gasteiger charge is 2.38. The van der Waals surface area contributed by atoms with E-state index in [2.05, 4.69) is 17.6 Å². The molecule has 5 N–H and O–H groups in total. The molecule has 1 fully saturated rings. The highest BCUT2D eigenvalue weighted by molar-refractivity contribution is 5.91. The maximum Gasteiger partial charge on any atom is 0.315 e. The van der Waals surface area contributed by atoms with Crippen LogP contribution in [0, 0.1) is 11.3 Å². The minimum atomic E-state index is -0.619. The fourth-order valence-corrected chi connectivity index (χ4v) is 2.14. The van der Waals surface area contributed by atoms with Crippen molar-refractivity contribution in [3.8, 4) is 0 Å². The topological polar surface area (TPSA) is 91.0 Å². The normalized spacial score (nSPS) is 29.5. The number of amidine groups is 1. The van der Waals surface area contributed by atoms with Gasteiger partial charge in [0, 0.05) is 6.54 Å². The van der Waals surface area contributed by atoms with Crippen molar-refractivity contribution in [1.82, 2.24) is 10.6 Å². The molecule has 5 nitrogen and oxygen atoms in total. The van der Waals surface area contributed by atoms with Gasteiger partial charge in [0.1, 0.15) is 5.84 Å². The van der Waals surface area contributed by atoms with Crippen molar-refractivity contribution >= 4 is 11.9 Å². The number of carbonyl (C=O) groups is 1. The van der Waals surface area contributed by atoms with Gasteiger partial charge in [-0.25, -0.2) is 4.79 Å². The van der Waals surface area contributed by atoms with Crippen molar-refractivity contribution in [2.24, 2.45) is 11.7 Å². The van der Waals surface area contributed by atoms with Gasteiger partial charge in [-0.2, -0.15) is 0 Å². The summed E-state index contributed by atoms with van der Waals surface area (Å²) in [4.78, 5) is 11.5. The van der Waals surface area contributed by atoms with Gasteiger partial charge in [0.05, 0.1) is 5.54 Å². The first-order valence-electron chi connectivity index (χ1n) is 5.90. The second-order valence-electron chi connectivity index (χ2n) is 4.66. The molecule has 0 unspecified atom stereocenters. The van der Waals surface area contributed by atoms with Crippen LogP contribution in [0.4, 0.5) is 4.79 Å². The average molecular weight is 226 g/mol. The van der Waals surface area contributed by atoms with Gasteiger partial charge in [0.2, 0.25) is 0 Å². The van der Waals surface area contributed by atoms with Gasteiger partial charge in [-0.1, -0.05) is 6.92 Å². The summed E-state index contributed by atoms with van der Waals surface area (Å²) in [5.41, 5.74) is 5.01. The third kappa shape index (κ3) is 2.87. The molecule has 1 rings (SSSR count). The van der Waals surface area contributed by atoms with Crippen LogP contribution >= 0.6 is 0 Å². The molecule has 0 aromatic rings. The highest BCUT2D eigenvalue weighted by Crippen LogP contribution is 2.31. The van der Waals surface area contributed by atoms with E-state index in [9.17, 15) is 4.79 Å². The summed E-state index contributed by atoms with van der Waals surface area (Å²) in [5.74, 6) is 0.731. The van der Waals surface area contributed by atoms with Crippen LogP contribution in [0.3, 0.4) is 0 Å². The lowest BCUT2D eigenvalue weighted by atomic mass is 9.76. The number of hydrogen-bond donors (Lipinski definition) is 4. The molecular formula is C11H22N4O. The molecule has 0 atom stereocenters. The van der Waals surface area contributed by atoms with E-state index in [0.29, 0.717) is 12.5 Å². The Morgan fingerprint density at radius 1 is 1.50 bits per heavy atom. The lowest BCUT2D eigenvalue weighted by Crippen LogP contribution is -2.60. The van der Waals surface area contributed by atoms with E-state index >= 15 is 0 Å². The van der Waals surface area contributed by atoms with Crippen LogP contribution in [0.1, 0.15) is 39.5 Å². The molecular weight excluding hydrogens is 204 g/mol. The van der Waals surface area contributed by atoms with Gasteiger partial charge in [-0.05, 0) is 38.5 Å². The minimum Gasteiger partial charge on any atom is -0.386 e. The van der Waals surface area contributed by atoms with Crippen molar-refractivity contribution in [1.29, 1.82) is 5.41 Å². The molecule has 0 bridgehead atoms. The molecule has 1 saturated carbocycles. The van der Waals surface area contributed by atoms with Crippen LogP contribution < -0.4 is 16.4 Å². The maximum absolute atomic E-state index is 11.5. The molecule has 5 heteroatoms. The summed E-state index contributed by atoms with van der Waals surface area (Å²) in [7, 11) is 0. The Hall–Kier alpha value is -1.26. The first-order chi connectivity index (χ1) is 7.50. The Balaban J connectivity index is 2.66. The number of rotatable bonds is 3. The largest absolute Gasteiger partial charge is 0.386 e. The number of nitrogens with two attached hydrogens (primary N) is 1. The molecule has 1 aliphatic carbocycles. The molecule has 0 radical (unpaired) electrons. The maximum atomic E-state index is 11.5. The van der Waals surface area contributed by atoms with E-state index in [1.807, 2.05) is 6.92 Å². The van der Waals surface area contributed by atoms with Crippen molar-refractivity contribution in [2.45, 2.75) is 45.1 Å². The van der Waals surface area contributed by atoms with Crippen LogP contribution in [-0.4, -0.2) is 24.0 Å². The van der Waals surface area contributed by atoms with Gasteiger partial charge >= 0.3 is 6.03 Å². The molecule has 2 amide bonds. The fraction of sp³-hybridized carbons (Fsp3) is 0.818. The molecule has 0 aromatic heterocycles. The van der Waals surface area contributed by atoms with Crippen molar-refractivity contribution in [2.75, 3.05) is 6.54 Å². The molecule has 92 valence electrons. The Kier molecular flexibility index (Phi) is 4.15. The van der Waals surface area contributed by atoms with Gasteiger partial charge in [-0.15, -0.1) is 0 Å². The predicted octanol–water partition coefficient (Wildman–Crippen LogP) is 1.19. The predicted molar refractivity (Wildman–Crippen MR) is 64.5 cm³/mol. The average Bonchev–Trinajstić information content (AvgIpc) is 2.22. The van der Waals surface area contributed by atoms with E-state index in [1.54, 1.807) is 0 Å². The Morgan fingerprint density at radius 3 is 2.50 bits per heavy atom. The smallest absolute Gasteiger partial charge is 0.315 e. The lowest BCUT2D eigenvalue weighted by molar-refractivity contribution is 0.216. The van der Waals surface area contributed by atoms with Crippen LogP contribution in [-0.2, 0) is 0 Å². The summed E-state index contributed by atoms with van der Waals surface area (Å²) in [6, 6.07) is -0.229. The number of carbonyl (C=O) groups excluding carboxylic acids is 1. The molecule has 1 aliphatic rings. The standard InChI is InChI=1S/C11H22N4O/c1-3-14-10(16)15-11(9(12)13)6-4-8(2)5-7-11/h8H,3-7H2,1-2H3,(H3,12,13)(H2,14,15,16). The van der Waals surface area contributed by atoms with Gasteiger partial charge < -0.3 is 16.4 Å². The number of urea groups is 1. The van der Waals surface area contributed by atoms with Crippen molar-refractivity contribution in [3.63, 3.8) is 0 Å². The molecule has 0 spiro atoms. The van der Waals surface area contributed by atoms with Crippen LogP contribution in [0.2, 0.25) is 0 Å². The zero-order valence-corrected chi connectivity index (χ0v) is 10.1. The monoisotopic (exact) mass is 226 g/mol. The number of nitrogens with one attached hydrogen (secondary N) is 3. The zero-order chi connectivity index (χ0) is 12.2. The van der Waals surface area contributed by atoms with Crippen LogP contribution in [0.15, 0.2) is 0 Å². The van der Waals surface area contributed by atoms with E-state index < -0.39 is 5.54 Å². The van der Waals surface area contributed by atoms with Crippen molar-refractivity contribution in [3.05, 3.63) is 0 Å². The number of amides is 2. The zero-order valence-electron chi connectivity index (χ0n) is 10.1. The lowest BCUT2D eigenvalue weighted by Gasteiger charge is -2.39. The summed E-state index contributed by atoms with van der Waals surface area (Å²) in [5, 5.41) is 13.2. The molecule has 0 aliphatic heterocycles. The second-order valence-corrected chi connectivity index (χ2v) is 4.66. The number of hydrogen-bond acceptors (Lipinski definition) is 2. The van der Waals surface area contributed by atoms with Crippen molar-refractivity contribution < 1.29 is 4.79 Å². The Bertz CT molecular complexity index is 269. The van der Waals surface area contributed by atoms with Gasteiger partial charge in [0.15, 0.2) is 0 Å². The third-order valence-corrected chi connectivity index (χ3v) is 3.33. The van der Waals surface area contributed by atoms with E-state index in [-0.39, 0.29) is 11.9 Å². The molecule has 0 heterocycles. The third-order valence-electron chi connectivity index (χ3n) is 3.33.